The third-order valence-corrected chi connectivity index (χ3v) is 3.68. The van der Waals surface area contributed by atoms with E-state index in [0.717, 1.165) is 0 Å². The van der Waals surface area contributed by atoms with Crippen LogP contribution in [0.4, 0.5) is 5.69 Å². The van der Waals surface area contributed by atoms with E-state index in [2.05, 4.69) is 0 Å². The highest BCUT2D eigenvalue weighted by Gasteiger charge is 2.28. The lowest BCUT2D eigenvalue weighted by atomic mass is 10.0. The van der Waals surface area contributed by atoms with Crippen LogP contribution in [0.25, 0.3) is 0 Å². The van der Waals surface area contributed by atoms with Crippen molar-refractivity contribution in [1.82, 2.24) is 0 Å². The molecule has 1 aliphatic rings. The predicted molar refractivity (Wildman–Crippen MR) is 90.0 cm³/mol. The van der Waals surface area contributed by atoms with Gasteiger partial charge in [-0.2, -0.15) is 0 Å². The van der Waals surface area contributed by atoms with Crippen LogP contribution in [0, 0.1) is 6.92 Å². The first-order valence-corrected chi connectivity index (χ1v) is 7.30. The average molecular weight is 343 g/mol. The van der Waals surface area contributed by atoms with E-state index in [1.54, 1.807) is 37.4 Å². The molecule has 0 atom stereocenters. The summed E-state index contributed by atoms with van der Waals surface area (Å²) in [6.07, 6.45) is 6.18. The van der Waals surface area contributed by atoms with Gasteiger partial charge in [0, 0.05) is 11.9 Å². The topological polar surface area (TPSA) is 93.1 Å². The van der Waals surface area contributed by atoms with Crippen LogP contribution in [0.15, 0.2) is 53.9 Å². The second-order valence-corrected chi connectivity index (χ2v) is 5.07. The van der Waals surface area contributed by atoms with Crippen LogP contribution in [0.2, 0.25) is 0 Å². The average Bonchev–Trinajstić information content (AvgIpc) is 2.83. The Kier molecular flexibility index (Phi) is 5.38. The number of hydrogen-bond acceptors (Lipinski definition) is 6. The van der Waals surface area contributed by atoms with Crippen molar-refractivity contribution in [3.63, 3.8) is 0 Å². The van der Waals surface area contributed by atoms with Crippen LogP contribution < -0.4 is 4.90 Å². The van der Waals surface area contributed by atoms with E-state index >= 15 is 0 Å². The number of benzene rings is 1. The van der Waals surface area contributed by atoms with E-state index in [0.29, 0.717) is 11.3 Å². The molecule has 1 heterocycles. The van der Waals surface area contributed by atoms with Crippen molar-refractivity contribution >= 4 is 23.6 Å². The number of aromatic carboxylic acids is 1. The minimum absolute atomic E-state index is 0.000483. The van der Waals surface area contributed by atoms with Crippen molar-refractivity contribution in [2.24, 2.45) is 0 Å². The molecule has 0 unspecified atom stereocenters. The van der Waals surface area contributed by atoms with Crippen molar-refractivity contribution in [2.45, 2.75) is 6.92 Å². The van der Waals surface area contributed by atoms with Crippen molar-refractivity contribution in [3.8, 4) is 0 Å². The molecule has 0 saturated heterocycles. The van der Waals surface area contributed by atoms with Crippen LogP contribution in [0.5, 0.6) is 0 Å². The first-order chi connectivity index (χ1) is 11.9. The Hall–Kier alpha value is -3.35. The lowest BCUT2D eigenvalue weighted by Gasteiger charge is -2.25. The van der Waals surface area contributed by atoms with E-state index in [1.807, 2.05) is 0 Å². The van der Waals surface area contributed by atoms with Crippen molar-refractivity contribution in [1.29, 1.82) is 0 Å². The monoisotopic (exact) mass is 343 g/mol. The van der Waals surface area contributed by atoms with Gasteiger partial charge in [-0.15, -0.1) is 0 Å². The zero-order chi connectivity index (χ0) is 18.6. The summed E-state index contributed by atoms with van der Waals surface area (Å²) in [5, 5.41) is 9.32. The molecule has 7 nitrogen and oxygen atoms in total. The van der Waals surface area contributed by atoms with E-state index in [9.17, 15) is 19.5 Å². The van der Waals surface area contributed by atoms with Crippen LogP contribution in [-0.2, 0) is 19.1 Å². The van der Waals surface area contributed by atoms with Gasteiger partial charge in [-0.25, -0.2) is 14.4 Å². The summed E-state index contributed by atoms with van der Waals surface area (Å²) in [6, 6.07) is 4.67. The highest BCUT2D eigenvalue weighted by atomic mass is 16.5. The van der Waals surface area contributed by atoms with Crippen LogP contribution in [-0.4, -0.2) is 37.2 Å². The molecule has 2 rings (SSSR count). The fourth-order valence-corrected chi connectivity index (χ4v) is 2.47. The number of anilines is 1. The van der Waals surface area contributed by atoms with Crippen LogP contribution in [0.1, 0.15) is 15.9 Å². The number of carbonyl (C=O) groups is 3. The summed E-state index contributed by atoms with van der Waals surface area (Å²) in [7, 11) is 2.40. The zero-order valence-corrected chi connectivity index (χ0v) is 14.0. The zero-order valence-electron chi connectivity index (χ0n) is 14.0. The van der Waals surface area contributed by atoms with Gasteiger partial charge in [0.25, 0.3) is 0 Å². The number of carboxylic acid groups (broad SMARTS) is 1. The smallest absolute Gasteiger partial charge is 0.355 e. The number of carboxylic acids is 1. The quantitative estimate of drug-likeness (QED) is 0.838. The van der Waals surface area contributed by atoms with Gasteiger partial charge in [-0.3, -0.25) is 0 Å². The largest absolute Gasteiger partial charge is 0.478 e. The lowest BCUT2D eigenvalue weighted by Crippen LogP contribution is -2.27. The van der Waals surface area contributed by atoms with Gasteiger partial charge in [0.1, 0.15) is 5.70 Å². The molecule has 0 aliphatic carbocycles. The van der Waals surface area contributed by atoms with Gasteiger partial charge in [0.2, 0.25) is 0 Å². The maximum atomic E-state index is 12.4. The molecule has 1 aromatic carbocycles. The first-order valence-electron chi connectivity index (χ1n) is 7.30. The fourth-order valence-electron chi connectivity index (χ4n) is 2.47. The van der Waals surface area contributed by atoms with Crippen molar-refractivity contribution in [2.75, 3.05) is 19.1 Å². The molecule has 7 heteroatoms. The number of rotatable bonds is 4. The van der Waals surface area contributed by atoms with Gasteiger partial charge in [-0.1, -0.05) is 12.1 Å². The van der Waals surface area contributed by atoms with E-state index < -0.39 is 17.9 Å². The molecule has 0 saturated carbocycles. The summed E-state index contributed by atoms with van der Waals surface area (Å²) >= 11 is 0. The number of ether oxygens (including phenoxy) is 2. The second-order valence-electron chi connectivity index (χ2n) is 5.07. The van der Waals surface area contributed by atoms with Gasteiger partial charge < -0.3 is 19.5 Å². The molecule has 0 amide bonds. The van der Waals surface area contributed by atoms with E-state index in [-0.39, 0.29) is 16.8 Å². The second kappa shape index (κ2) is 7.48. The summed E-state index contributed by atoms with van der Waals surface area (Å²) in [5.74, 6) is -2.55. The summed E-state index contributed by atoms with van der Waals surface area (Å²) < 4.78 is 9.55. The Balaban J connectivity index is 2.74. The molecule has 1 aliphatic heterocycles. The van der Waals surface area contributed by atoms with E-state index in [1.165, 1.54) is 31.3 Å². The highest BCUT2D eigenvalue weighted by molar-refractivity contribution is 6.06. The molecule has 0 spiro atoms. The number of esters is 2. The number of hydrogen-bond donors (Lipinski definition) is 1. The van der Waals surface area contributed by atoms with Gasteiger partial charge >= 0.3 is 17.9 Å². The SMILES string of the molecule is COC(=O)C1=C(C(=O)OC)N(c2cccc(C(=O)O)c2C)C=CC=C1. The standard InChI is InChI=1S/C18H17NO6/c1-11-12(16(20)21)8-6-9-14(11)19-10-5-4-7-13(17(22)24-2)15(19)18(23)25-3/h4-10H,1-3H3,(H,20,21). The minimum atomic E-state index is -1.09. The predicted octanol–water partition coefficient (Wildman–Crippen LogP) is 2.18. The molecule has 1 N–H and O–H groups in total. The molecule has 0 aromatic heterocycles. The molecule has 25 heavy (non-hydrogen) atoms. The Morgan fingerprint density at radius 2 is 1.72 bits per heavy atom. The normalized spacial score (nSPS) is 13.5. The molecular formula is C18H17NO6. The maximum Gasteiger partial charge on any atom is 0.355 e. The van der Waals surface area contributed by atoms with Crippen molar-refractivity contribution < 1.29 is 29.0 Å². The maximum absolute atomic E-state index is 12.4. The lowest BCUT2D eigenvalue weighted by molar-refractivity contribution is -0.139. The Bertz CT molecular complexity index is 819. The number of nitrogens with zero attached hydrogens (tertiary/aromatic N) is 1. The number of allylic oxidation sites excluding steroid dienone is 2. The van der Waals surface area contributed by atoms with Gasteiger partial charge in [-0.05, 0) is 36.8 Å². The number of methoxy groups -OCH3 is 2. The Morgan fingerprint density at radius 3 is 2.32 bits per heavy atom. The van der Waals surface area contributed by atoms with Crippen LogP contribution in [0.3, 0.4) is 0 Å². The molecular weight excluding hydrogens is 326 g/mol. The molecule has 130 valence electrons. The molecule has 1 aromatic rings. The molecule has 0 radical (unpaired) electrons. The van der Waals surface area contributed by atoms with Crippen molar-refractivity contribution in [3.05, 3.63) is 65.0 Å². The van der Waals surface area contributed by atoms with E-state index in [4.69, 9.17) is 9.47 Å². The number of carbonyl (C=O) groups excluding carboxylic acids is 2. The third kappa shape index (κ3) is 3.45. The summed E-state index contributed by atoms with van der Waals surface area (Å²) in [6.45, 7) is 1.62. The van der Waals surface area contributed by atoms with Gasteiger partial charge in [0.15, 0.2) is 0 Å². The summed E-state index contributed by atoms with van der Waals surface area (Å²) in [4.78, 5) is 37.3. The third-order valence-electron chi connectivity index (χ3n) is 3.68. The highest BCUT2D eigenvalue weighted by Crippen LogP contribution is 2.30. The van der Waals surface area contributed by atoms with Gasteiger partial charge in [0.05, 0.1) is 25.4 Å². The first kappa shape index (κ1) is 18.0. The Labute approximate surface area is 144 Å². The molecule has 0 bridgehead atoms. The Morgan fingerprint density at radius 1 is 1.04 bits per heavy atom. The minimum Gasteiger partial charge on any atom is -0.478 e. The summed E-state index contributed by atoms with van der Waals surface area (Å²) in [5.41, 5.74) is 0.894. The fraction of sp³-hybridized carbons (Fsp3) is 0.167. The molecule has 0 fully saturated rings. The van der Waals surface area contributed by atoms with Crippen LogP contribution >= 0.6 is 0 Å².